The van der Waals surface area contributed by atoms with E-state index in [1.165, 1.54) is 12.1 Å². The molecule has 2 rings (SSSR count). The van der Waals surface area contributed by atoms with Gasteiger partial charge in [-0.05, 0) is 55.3 Å². The zero-order valence-electron chi connectivity index (χ0n) is 11.6. The Hall–Kier alpha value is -2.30. The molecule has 5 heteroatoms. The molecule has 0 saturated carbocycles. The van der Waals surface area contributed by atoms with Crippen molar-refractivity contribution < 1.29 is 18.0 Å². The number of alkyl halides is 3. The van der Waals surface area contributed by atoms with Crippen molar-refractivity contribution in [1.82, 2.24) is 0 Å². The fourth-order valence-electron chi connectivity index (χ4n) is 1.88. The van der Waals surface area contributed by atoms with Crippen LogP contribution in [0.5, 0.6) is 0 Å². The van der Waals surface area contributed by atoms with Crippen LogP contribution in [0, 0.1) is 13.8 Å². The number of amides is 1. The summed E-state index contributed by atoms with van der Waals surface area (Å²) in [7, 11) is 0. The maximum Gasteiger partial charge on any atom is 0.416 e. The first kappa shape index (κ1) is 15.1. The van der Waals surface area contributed by atoms with Crippen LogP contribution in [0.4, 0.5) is 18.9 Å². The molecule has 0 saturated heterocycles. The van der Waals surface area contributed by atoms with Gasteiger partial charge in [0.05, 0.1) is 5.56 Å². The predicted octanol–water partition coefficient (Wildman–Crippen LogP) is 4.57. The topological polar surface area (TPSA) is 29.1 Å². The standard InChI is InChI=1S/C16H14F3NO/c1-10-3-4-11(2)14(9-10)20-15(21)12-5-7-13(8-6-12)16(17,18)19/h3-9H,1-2H3,(H,20,21). The number of carbonyl (C=O) groups is 1. The van der Waals surface area contributed by atoms with E-state index in [4.69, 9.17) is 0 Å². The summed E-state index contributed by atoms with van der Waals surface area (Å²) >= 11 is 0. The minimum absolute atomic E-state index is 0.184. The molecular formula is C16H14F3NO. The fraction of sp³-hybridized carbons (Fsp3) is 0.188. The van der Waals surface area contributed by atoms with Crippen molar-refractivity contribution in [3.05, 3.63) is 64.7 Å². The Balaban J connectivity index is 2.19. The lowest BCUT2D eigenvalue weighted by molar-refractivity contribution is -0.137. The van der Waals surface area contributed by atoms with Crippen LogP contribution in [-0.4, -0.2) is 5.91 Å². The van der Waals surface area contributed by atoms with Gasteiger partial charge in [-0.1, -0.05) is 12.1 Å². The van der Waals surface area contributed by atoms with Crippen LogP contribution >= 0.6 is 0 Å². The van der Waals surface area contributed by atoms with Gasteiger partial charge in [-0.3, -0.25) is 4.79 Å². The molecular weight excluding hydrogens is 279 g/mol. The summed E-state index contributed by atoms with van der Waals surface area (Å²) in [5.74, 6) is -0.433. The molecule has 0 aromatic heterocycles. The fourth-order valence-corrected chi connectivity index (χ4v) is 1.88. The van der Waals surface area contributed by atoms with Gasteiger partial charge in [-0.2, -0.15) is 13.2 Å². The molecule has 21 heavy (non-hydrogen) atoms. The van der Waals surface area contributed by atoms with Crippen LogP contribution in [-0.2, 0) is 6.18 Å². The average Bonchev–Trinajstić information content (AvgIpc) is 2.42. The van der Waals surface area contributed by atoms with Crippen LogP contribution in [0.25, 0.3) is 0 Å². The van der Waals surface area contributed by atoms with E-state index in [1.807, 2.05) is 32.0 Å². The minimum atomic E-state index is -4.40. The SMILES string of the molecule is Cc1ccc(C)c(NC(=O)c2ccc(C(F)(F)F)cc2)c1. The first-order valence-electron chi connectivity index (χ1n) is 6.33. The van der Waals surface area contributed by atoms with Crippen molar-refractivity contribution in [2.24, 2.45) is 0 Å². The molecule has 0 heterocycles. The van der Waals surface area contributed by atoms with Crippen molar-refractivity contribution in [3.63, 3.8) is 0 Å². The highest BCUT2D eigenvalue weighted by molar-refractivity contribution is 6.04. The molecule has 0 unspecified atom stereocenters. The second kappa shape index (κ2) is 5.60. The number of benzene rings is 2. The van der Waals surface area contributed by atoms with E-state index in [-0.39, 0.29) is 5.56 Å². The van der Waals surface area contributed by atoms with E-state index in [2.05, 4.69) is 5.32 Å². The highest BCUT2D eigenvalue weighted by Gasteiger charge is 2.30. The van der Waals surface area contributed by atoms with Crippen molar-refractivity contribution in [2.45, 2.75) is 20.0 Å². The normalized spacial score (nSPS) is 11.3. The number of aryl methyl sites for hydroxylation is 2. The van der Waals surface area contributed by atoms with E-state index in [9.17, 15) is 18.0 Å². The van der Waals surface area contributed by atoms with Gasteiger partial charge in [0.2, 0.25) is 0 Å². The third-order valence-electron chi connectivity index (χ3n) is 3.12. The van der Waals surface area contributed by atoms with Crippen molar-refractivity contribution in [1.29, 1.82) is 0 Å². The smallest absolute Gasteiger partial charge is 0.322 e. The highest BCUT2D eigenvalue weighted by Crippen LogP contribution is 2.29. The molecule has 2 aromatic rings. The Morgan fingerprint density at radius 3 is 2.19 bits per heavy atom. The Bertz CT molecular complexity index is 660. The second-order valence-electron chi connectivity index (χ2n) is 4.85. The summed E-state index contributed by atoms with van der Waals surface area (Å²) in [6.07, 6.45) is -4.40. The summed E-state index contributed by atoms with van der Waals surface area (Å²) < 4.78 is 37.4. The molecule has 1 N–H and O–H groups in total. The zero-order chi connectivity index (χ0) is 15.6. The van der Waals surface area contributed by atoms with Crippen molar-refractivity contribution in [3.8, 4) is 0 Å². The molecule has 0 atom stereocenters. The Morgan fingerprint density at radius 2 is 1.62 bits per heavy atom. The zero-order valence-corrected chi connectivity index (χ0v) is 11.6. The number of nitrogens with one attached hydrogen (secondary N) is 1. The summed E-state index contributed by atoms with van der Waals surface area (Å²) in [4.78, 5) is 12.0. The van der Waals surface area contributed by atoms with Crippen LogP contribution in [0.1, 0.15) is 27.0 Å². The van der Waals surface area contributed by atoms with E-state index in [1.54, 1.807) is 0 Å². The summed E-state index contributed by atoms with van der Waals surface area (Å²) in [6.45, 7) is 3.75. The monoisotopic (exact) mass is 293 g/mol. The molecule has 0 spiro atoms. The Kier molecular flexibility index (Phi) is 4.02. The van der Waals surface area contributed by atoms with Crippen molar-refractivity contribution in [2.75, 3.05) is 5.32 Å². The van der Waals surface area contributed by atoms with Gasteiger partial charge in [0.1, 0.15) is 0 Å². The first-order valence-corrected chi connectivity index (χ1v) is 6.33. The minimum Gasteiger partial charge on any atom is -0.322 e. The quantitative estimate of drug-likeness (QED) is 0.863. The maximum atomic E-state index is 12.5. The largest absolute Gasteiger partial charge is 0.416 e. The van der Waals surface area contributed by atoms with E-state index in [0.29, 0.717) is 5.69 Å². The van der Waals surface area contributed by atoms with Gasteiger partial charge in [-0.25, -0.2) is 0 Å². The lowest BCUT2D eigenvalue weighted by Gasteiger charge is -2.10. The van der Waals surface area contributed by atoms with Gasteiger partial charge >= 0.3 is 6.18 Å². The van der Waals surface area contributed by atoms with E-state index < -0.39 is 17.6 Å². The summed E-state index contributed by atoms with van der Waals surface area (Å²) in [5, 5.41) is 2.71. The highest BCUT2D eigenvalue weighted by atomic mass is 19.4. The molecule has 110 valence electrons. The molecule has 2 aromatic carbocycles. The first-order chi connectivity index (χ1) is 9.77. The van der Waals surface area contributed by atoms with Crippen LogP contribution in [0.3, 0.4) is 0 Å². The summed E-state index contributed by atoms with van der Waals surface area (Å²) in [6, 6.07) is 9.75. The number of hydrogen-bond acceptors (Lipinski definition) is 1. The van der Waals surface area contributed by atoms with Gasteiger partial charge in [0.15, 0.2) is 0 Å². The average molecular weight is 293 g/mol. The molecule has 0 radical (unpaired) electrons. The molecule has 2 nitrogen and oxygen atoms in total. The molecule has 0 bridgehead atoms. The Morgan fingerprint density at radius 1 is 1.00 bits per heavy atom. The van der Waals surface area contributed by atoms with Gasteiger partial charge < -0.3 is 5.32 Å². The number of anilines is 1. The molecule has 0 aliphatic rings. The molecule has 1 amide bonds. The Labute approximate surface area is 120 Å². The summed E-state index contributed by atoms with van der Waals surface area (Å²) in [5.41, 5.74) is 1.94. The maximum absolute atomic E-state index is 12.5. The van der Waals surface area contributed by atoms with Gasteiger partial charge in [0.25, 0.3) is 5.91 Å². The van der Waals surface area contributed by atoms with Gasteiger partial charge in [-0.15, -0.1) is 0 Å². The second-order valence-corrected chi connectivity index (χ2v) is 4.85. The molecule has 0 fully saturated rings. The van der Waals surface area contributed by atoms with Crippen molar-refractivity contribution >= 4 is 11.6 Å². The number of hydrogen-bond donors (Lipinski definition) is 1. The van der Waals surface area contributed by atoms with E-state index >= 15 is 0 Å². The third-order valence-corrected chi connectivity index (χ3v) is 3.12. The lowest BCUT2D eigenvalue weighted by Crippen LogP contribution is -2.13. The van der Waals surface area contributed by atoms with Gasteiger partial charge in [0, 0.05) is 11.3 Å². The lowest BCUT2D eigenvalue weighted by atomic mass is 10.1. The van der Waals surface area contributed by atoms with Crippen LogP contribution < -0.4 is 5.32 Å². The number of carbonyl (C=O) groups excluding carboxylic acids is 1. The van der Waals surface area contributed by atoms with Crippen LogP contribution in [0.2, 0.25) is 0 Å². The molecule has 0 aliphatic carbocycles. The van der Waals surface area contributed by atoms with Crippen LogP contribution in [0.15, 0.2) is 42.5 Å². The third kappa shape index (κ3) is 3.62. The van der Waals surface area contributed by atoms with E-state index in [0.717, 1.165) is 23.3 Å². The number of rotatable bonds is 2. The molecule has 0 aliphatic heterocycles. The predicted molar refractivity (Wildman–Crippen MR) is 75.3 cm³/mol. The number of halogens is 3.